The SMILES string of the molecule is O=C(Cc1cnc(-n2cccn2)[nH]c1=O)c1cccc(-c2ccccc2)c1. The third kappa shape index (κ3) is 3.59. The second-order valence-corrected chi connectivity index (χ2v) is 6.06. The van der Waals surface area contributed by atoms with Gasteiger partial charge >= 0.3 is 0 Å². The molecule has 0 spiro atoms. The first-order valence-corrected chi connectivity index (χ1v) is 8.47. The van der Waals surface area contributed by atoms with Crippen molar-refractivity contribution >= 4 is 5.78 Å². The number of aromatic amines is 1. The molecule has 0 radical (unpaired) electrons. The van der Waals surface area contributed by atoms with Crippen LogP contribution in [0.3, 0.4) is 0 Å². The van der Waals surface area contributed by atoms with E-state index in [1.165, 1.54) is 10.9 Å². The lowest BCUT2D eigenvalue weighted by molar-refractivity contribution is 0.0992. The van der Waals surface area contributed by atoms with E-state index < -0.39 is 0 Å². The van der Waals surface area contributed by atoms with Crippen molar-refractivity contribution in [3.8, 4) is 17.1 Å². The smallest absolute Gasteiger partial charge is 0.255 e. The molecule has 2 aromatic carbocycles. The van der Waals surface area contributed by atoms with Crippen molar-refractivity contribution in [2.45, 2.75) is 6.42 Å². The first-order chi connectivity index (χ1) is 13.2. The van der Waals surface area contributed by atoms with E-state index in [2.05, 4.69) is 15.1 Å². The molecule has 0 atom stereocenters. The topological polar surface area (TPSA) is 80.6 Å². The molecule has 0 fully saturated rings. The van der Waals surface area contributed by atoms with Crippen molar-refractivity contribution in [2.75, 3.05) is 0 Å². The molecule has 6 heteroatoms. The molecule has 6 nitrogen and oxygen atoms in total. The van der Waals surface area contributed by atoms with Crippen LogP contribution in [0.25, 0.3) is 17.1 Å². The highest BCUT2D eigenvalue weighted by Gasteiger charge is 2.12. The Balaban J connectivity index is 1.57. The minimum atomic E-state index is -0.344. The lowest BCUT2D eigenvalue weighted by atomic mass is 9.99. The van der Waals surface area contributed by atoms with Crippen LogP contribution < -0.4 is 5.56 Å². The number of hydrogen-bond donors (Lipinski definition) is 1. The lowest BCUT2D eigenvalue weighted by Gasteiger charge is -2.06. The van der Waals surface area contributed by atoms with Gasteiger partial charge in [-0.2, -0.15) is 5.10 Å². The molecule has 1 N–H and O–H groups in total. The Bertz CT molecular complexity index is 1130. The number of nitrogens with zero attached hydrogens (tertiary/aromatic N) is 3. The van der Waals surface area contributed by atoms with Gasteiger partial charge in [-0.25, -0.2) is 9.67 Å². The molecule has 27 heavy (non-hydrogen) atoms. The summed E-state index contributed by atoms with van der Waals surface area (Å²) in [6.45, 7) is 0. The molecule has 0 aliphatic heterocycles. The van der Waals surface area contributed by atoms with Gasteiger partial charge < -0.3 is 0 Å². The summed E-state index contributed by atoms with van der Waals surface area (Å²) >= 11 is 0. The zero-order valence-electron chi connectivity index (χ0n) is 14.4. The summed E-state index contributed by atoms with van der Waals surface area (Å²) in [5.74, 6) is 0.180. The monoisotopic (exact) mass is 356 g/mol. The van der Waals surface area contributed by atoms with E-state index in [0.29, 0.717) is 17.1 Å². The van der Waals surface area contributed by atoms with E-state index in [0.717, 1.165) is 11.1 Å². The molecular formula is C21H16N4O2. The van der Waals surface area contributed by atoms with Gasteiger partial charge in [-0.3, -0.25) is 14.6 Å². The largest absolute Gasteiger partial charge is 0.294 e. The van der Waals surface area contributed by atoms with Crippen LogP contribution in [0, 0.1) is 0 Å². The quantitative estimate of drug-likeness (QED) is 0.557. The summed E-state index contributed by atoms with van der Waals surface area (Å²) in [5.41, 5.74) is 2.54. The first kappa shape index (κ1) is 16.7. The van der Waals surface area contributed by atoms with Gasteiger partial charge in [0.1, 0.15) is 0 Å². The van der Waals surface area contributed by atoms with Gasteiger partial charge in [0.05, 0.1) is 0 Å². The van der Waals surface area contributed by atoms with Crippen LogP contribution in [0.4, 0.5) is 0 Å². The van der Waals surface area contributed by atoms with Crippen molar-refractivity contribution < 1.29 is 4.79 Å². The van der Waals surface area contributed by atoms with Crippen molar-refractivity contribution in [1.82, 2.24) is 19.7 Å². The highest BCUT2D eigenvalue weighted by atomic mass is 16.1. The van der Waals surface area contributed by atoms with Crippen molar-refractivity contribution in [2.24, 2.45) is 0 Å². The third-order valence-corrected chi connectivity index (χ3v) is 4.22. The molecule has 2 aromatic heterocycles. The molecule has 0 aliphatic rings. The summed E-state index contributed by atoms with van der Waals surface area (Å²) in [5, 5.41) is 4.02. The molecule has 0 aliphatic carbocycles. The van der Waals surface area contributed by atoms with Crippen molar-refractivity contribution in [1.29, 1.82) is 0 Å². The fourth-order valence-corrected chi connectivity index (χ4v) is 2.83. The van der Waals surface area contributed by atoms with Crippen LogP contribution in [0.5, 0.6) is 0 Å². The van der Waals surface area contributed by atoms with Crippen molar-refractivity contribution in [3.05, 3.63) is 101 Å². The number of ketones is 1. The number of H-pyrrole nitrogens is 1. The molecule has 132 valence electrons. The Kier molecular flexibility index (Phi) is 4.45. The van der Waals surface area contributed by atoms with E-state index in [9.17, 15) is 9.59 Å². The fourth-order valence-electron chi connectivity index (χ4n) is 2.83. The number of hydrogen-bond acceptors (Lipinski definition) is 4. The summed E-state index contributed by atoms with van der Waals surface area (Å²) in [4.78, 5) is 31.8. The average Bonchev–Trinajstić information content (AvgIpc) is 3.25. The van der Waals surface area contributed by atoms with Crippen LogP contribution >= 0.6 is 0 Å². The number of aromatic nitrogens is 4. The highest BCUT2D eigenvalue weighted by Crippen LogP contribution is 2.20. The summed E-state index contributed by atoms with van der Waals surface area (Å²) in [6.07, 6.45) is 4.68. The van der Waals surface area contributed by atoms with E-state index in [1.807, 2.05) is 48.5 Å². The molecule has 0 saturated heterocycles. The van der Waals surface area contributed by atoms with E-state index in [4.69, 9.17) is 0 Å². The maximum absolute atomic E-state index is 12.7. The van der Waals surface area contributed by atoms with E-state index >= 15 is 0 Å². The summed E-state index contributed by atoms with van der Waals surface area (Å²) < 4.78 is 1.45. The molecule has 2 heterocycles. The van der Waals surface area contributed by atoms with E-state index in [-0.39, 0.29) is 17.8 Å². The van der Waals surface area contributed by atoms with E-state index in [1.54, 1.807) is 24.5 Å². The molecule has 4 rings (SSSR count). The predicted molar refractivity (Wildman–Crippen MR) is 102 cm³/mol. The number of nitrogens with one attached hydrogen (secondary N) is 1. The average molecular weight is 356 g/mol. The molecule has 0 bridgehead atoms. The summed E-state index contributed by atoms with van der Waals surface area (Å²) in [7, 11) is 0. The molecule has 0 unspecified atom stereocenters. The van der Waals surface area contributed by atoms with Crippen LogP contribution in [0.2, 0.25) is 0 Å². The van der Waals surface area contributed by atoms with Gasteiger partial charge in [0.25, 0.3) is 5.56 Å². The van der Waals surface area contributed by atoms with Gasteiger partial charge in [-0.15, -0.1) is 0 Å². The normalized spacial score (nSPS) is 10.7. The number of Topliss-reactive ketones (excluding diaryl/α,β-unsaturated/α-hetero) is 1. The number of carbonyl (C=O) groups is 1. The second kappa shape index (κ2) is 7.21. The number of rotatable bonds is 5. The zero-order chi connectivity index (χ0) is 18.6. The van der Waals surface area contributed by atoms with Gasteiger partial charge in [-0.1, -0.05) is 48.5 Å². The highest BCUT2D eigenvalue weighted by molar-refractivity contribution is 5.98. The summed E-state index contributed by atoms with van der Waals surface area (Å²) in [6, 6.07) is 19.0. The Hall–Kier alpha value is -3.80. The van der Waals surface area contributed by atoms with Crippen LogP contribution in [-0.4, -0.2) is 25.5 Å². The predicted octanol–water partition coefficient (Wildman–Crippen LogP) is 3.05. The zero-order valence-corrected chi connectivity index (χ0v) is 14.4. The van der Waals surface area contributed by atoms with Crippen molar-refractivity contribution in [3.63, 3.8) is 0 Å². The van der Waals surface area contributed by atoms with Gasteiger partial charge in [0.15, 0.2) is 5.78 Å². The molecule has 0 saturated carbocycles. The second-order valence-electron chi connectivity index (χ2n) is 6.06. The maximum atomic E-state index is 12.7. The Morgan fingerprint density at radius 3 is 2.56 bits per heavy atom. The fraction of sp³-hybridized carbons (Fsp3) is 0.0476. The first-order valence-electron chi connectivity index (χ1n) is 8.47. The Morgan fingerprint density at radius 1 is 1.00 bits per heavy atom. The lowest BCUT2D eigenvalue weighted by Crippen LogP contribution is -2.20. The molecular weight excluding hydrogens is 340 g/mol. The standard InChI is InChI=1S/C21H16N4O2/c26-19(17-9-4-8-16(12-17)15-6-2-1-3-7-15)13-18-14-22-21(24-20(18)27)25-11-5-10-23-25/h1-12,14H,13H2,(H,22,24,27). The third-order valence-electron chi connectivity index (χ3n) is 4.22. The minimum Gasteiger partial charge on any atom is -0.294 e. The Labute approximate surface area is 155 Å². The number of benzene rings is 2. The maximum Gasteiger partial charge on any atom is 0.255 e. The molecule has 4 aromatic rings. The number of carbonyl (C=O) groups excluding carboxylic acids is 1. The molecule has 0 amide bonds. The van der Waals surface area contributed by atoms with Crippen LogP contribution in [-0.2, 0) is 6.42 Å². The minimum absolute atomic E-state index is 0.0139. The van der Waals surface area contributed by atoms with Gasteiger partial charge in [0, 0.05) is 36.1 Å². The van der Waals surface area contributed by atoms with Gasteiger partial charge in [0.2, 0.25) is 5.95 Å². The van der Waals surface area contributed by atoms with Gasteiger partial charge in [-0.05, 0) is 23.3 Å². The van der Waals surface area contributed by atoms with Crippen LogP contribution in [0.1, 0.15) is 15.9 Å². The Morgan fingerprint density at radius 2 is 1.81 bits per heavy atom. The van der Waals surface area contributed by atoms with Crippen LogP contribution in [0.15, 0.2) is 84.0 Å².